The molecule has 1 unspecified atom stereocenters. The van der Waals surface area contributed by atoms with E-state index < -0.39 is 0 Å². The van der Waals surface area contributed by atoms with Gasteiger partial charge in [0, 0.05) is 24.2 Å². The first-order valence-electron chi connectivity index (χ1n) is 6.39. The highest BCUT2D eigenvalue weighted by Gasteiger charge is 2.32. The standard InChI is InChI=1S/C12H18BrN3OS/c1-3-9(4-2)11-14-15-12(18-11)16-7-8(6-13)5-10(16)17/h8-9H,3-7H2,1-2H3. The largest absolute Gasteiger partial charge is 0.286 e. The molecule has 0 spiro atoms. The van der Waals surface area contributed by atoms with Gasteiger partial charge in [-0.15, -0.1) is 10.2 Å². The molecule has 1 saturated heterocycles. The third kappa shape index (κ3) is 2.74. The fourth-order valence-corrected chi connectivity index (χ4v) is 3.78. The Morgan fingerprint density at radius 3 is 2.72 bits per heavy atom. The minimum atomic E-state index is 0.173. The summed E-state index contributed by atoms with van der Waals surface area (Å²) in [7, 11) is 0. The molecule has 0 saturated carbocycles. The van der Waals surface area contributed by atoms with Crippen molar-refractivity contribution in [3.8, 4) is 0 Å². The van der Waals surface area contributed by atoms with Crippen molar-refractivity contribution in [3.05, 3.63) is 5.01 Å². The molecular weight excluding hydrogens is 314 g/mol. The summed E-state index contributed by atoms with van der Waals surface area (Å²) in [6, 6.07) is 0. The second kappa shape index (κ2) is 6.10. The molecule has 1 aromatic rings. The van der Waals surface area contributed by atoms with E-state index in [1.54, 1.807) is 16.2 Å². The van der Waals surface area contributed by atoms with Gasteiger partial charge in [-0.25, -0.2) is 0 Å². The molecule has 1 aromatic heterocycles. The molecular formula is C12H18BrN3OS. The fourth-order valence-electron chi connectivity index (χ4n) is 2.21. The van der Waals surface area contributed by atoms with Crippen LogP contribution in [-0.2, 0) is 4.79 Å². The van der Waals surface area contributed by atoms with E-state index in [1.807, 2.05) is 0 Å². The van der Waals surface area contributed by atoms with Gasteiger partial charge in [-0.05, 0) is 18.8 Å². The summed E-state index contributed by atoms with van der Waals surface area (Å²) in [6.45, 7) is 5.09. The van der Waals surface area contributed by atoms with Gasteiger partial charge in [-0.1, -0.05) is 41.1 Å². The summed E-state index contributed by atoms with van der Waals surface area (Å²) in [5.74, 6) is 1.05. The van der Waals surface area contributed by atoms with Gasteiger partial charge in [0.1, 0.15) is 5.01 Å². The van der Waals surface area contributed by atoms with Crippen molar-refractivity contribution in [3.63, 3.8) is 0 Å². The monoisotopic (exact) mass is 331 g/mol. The predicted octanol–water partition coefficient (Wildman–Crippen LogP) is 3.19. The van der Waals surface area contributed by atoms with E-state index in [2.05, 4.69) is 40.0 Å². The van der Waals surface area contributed by atoms with Crippen molar-refractivity contribution in [1.29, 1.82) is 0 Å². The molecule has 0 aliphatic carbocycles. The SMILES string of the molecule is CCC(CC)c1nnc(N2CC(CBr)CC2=O)s1. The van der Waals surface area contributed by atoms with Gasteiger partial charge in [0.05, 0.1) is 0 Å². The van der Waals surface area contributed by atoms with Crippen molar-refractivity contribution < 1.29 is 4.79 Å². The molecule has 1 aliphatic rings. The summed E-state index contributed by atoms with van der Waals surface area (Å²) < 4.78 is 0. The Bertz CT molecular complexity index is 419. The van der Waals surface area contributed by atoms with E-state index in [1.165, 1.54) is 0 Å². The van der Waals surface area contributed by atoms with Crippen LogP contribution in [0.5, 0.6) is 0 Å². The van der Waals surface area contributed by atoms with Crippen LogP contribution in [0.3, 0.4) is 0 Å². The number of anilines is 1. The number of hydrogen-bond acceptors (Lipinski definition) is 4. The van der Waals surface area contributed by atoms with Crippen molar-refractivity contribution in [1.82, 2.24) is 10.2 Å². The van der Waals surface area contributed by atoms with Crippen LogP contribution in [0.15, 0.2) is 0 Å². The second-order valence-electron chi connectivity index (χ2n) is 4.67. The zero-order valence-electron chi connectivity index (χ0n) is 10.7. The second-order valence-corrected chi connectivity index (χ2v) is 6.30. The average molecular weight is 332 g/mol. The number of alkyl halides is 1. The maximum Gasteiger partial charge on any atom is 0.229 e. The molecule has 4 nitrogen and oxygen atoms in total. The molecule has 1 amide bonds. The molecule has 0 N–H and O–H groups in total. The lowest BCUT2D eigenvalue weighted by Gasteiger charge is -2.11. The van der Waals surface area contributed by atoms with Crippen molar-refractivity contribution in [2.75, 3.05) is 16.8 Å². The minimum Gasteiger partial charge on any atom is -0.286 e. The Morgan fingerprint density at radius 2 is 2.17 bits per heavy atom. The molecule has 2 heterocycles. The molecule has 6 heteroatoms. The maximum atomic E-state index is 11.9. The highest BCUT2D eigenvalue weighted by atomic mass is 79.9. The van der Waals surface area contributed by atoms with Crippen LogP contribution >= 0.6 is 27.3 Å². The first-order valence-corrected chi connectivity index (χ1v) is 8.33. The summed E-state index contributed by atoms with van der Waals surface area (Å²) in [6.07, 6.45) is 2.76. The lowest BCUT2D eigenvalue weighted by atomic mass is 10.1. The molecule has 0 bridgehead atoms. The van der Waals surface area contributed by atoms with Crippen LogP contribution in [0.4, 0.5) is 5.13 Å². The van der Waals surface area contributed by atoms with Crippen LogP contribution in [0.2, 0.25) is 0 Å². The summed E-state index contributed by atoms with van der Waals surface area (Å²) >= 11 is 5.01. The van der Waals surface area contributed by atoms with Gasteiger partial charge < -0.3 is 0 Å². The van der Waals surface area contributed by atoms with E-state index >= 15 is 0 Å². The Kier molecular flexibility index (Phi) is 4.72. The molecule has 1 fully saturated rings. The van der Waals surface area contributed by atoms with E-state index in [0.717, 1.165) is 34.9 Å². The number of amides is 1. The molecule has 100 valence electrons. The van der Waals surface area contributed by atoms with Gasteiger partial charge >= 0.3 is 0 Å². The average Bonchev–Trinajstić information content (AvgIpc) is 2.97. The first-order chi connectivity index (χ1) is 8.69. The summed E-state index contributed by atoms with van der Waals surface area (Å²) in [5.41, 5.74) is 0. The maximum absolute atomic E-state index is 11.9. The molecule has 1 aliphatic heterocycles. The van der Waals surface area contributed by atoms with Crippen LogP contribution in [0.1, 0.15) is 44.0 Å². The summed E-state index contributed by atoms with van der Waals surface area (Å²) in [5, 5.41) is 11.1. The van der Waals surface area contributed by atoms with Gasteiger partial charge in [0.15, 0.2) is 0 Å². The van der Waals surface area contributed by atoms with Crippen molar-refractivity contribution in [2.45, 2.75) is 39.0 Å². The number of halogens is 1. The van der Waals surface area contributed by atoms with Crippen LogP contribution < -0.4 is 4.90 Å². The normalized spacial score (nSPS) is 20.1. The fraction of sp³-hybridized carbons (Fsp3) is 0.750. The Balaban J connectivity index is 2.13. The Labute approximate surface area is 120 Å². The zero-order valence-corrected chi connectivity index (χ0v) is 13.1. The minimum absolute atomic E-state index is 0.173. The number of hydrogen-bond donors (Lipinski definition) is 0. The quantitative estimate of drug-likeness (QED) is 0.778. The predicted molar refractivity (Wildman–Crippen MR) is 77.5 cm³/mol. The molecule has 1 atom stereocenters. The van der Waals surface area contributed by atoms with E-state index in [-0.39, 0.29) is 5.91 Å². The number of carbonyl (C=O) groups is 1. The lowest BCUT2D eigenvalue weighted by molar-refractivity contribution is -0.117. The first kappa shape index (κ1) is 13.9. The van der Waals surface area contributed by atoms with Crippen LogP contribution in [0.25, 0.3) is 0 Å². The van der Waals surface area contributed by atoms with Gasteiger partial charge in [0.25, 0.3) is 0 Å². The highest BCUT2D eigenvalue weighted by Crippen LogP contribution is 2.33. The lowest BCUT2D eigenvalue weighted by Crippen LogP contribution is -2.24. The number of nitrogens with zero attached hydrogens (tertiary/aromatic N) is 3. The van der Waals surface area contributed by atoms with Crippen LogP contribution in [0, 0.1) is 5.92 Å². The van der Waals surface area contributed by atoms with Gasteiger partial charge in [-0.3, -0.25) is 9.69 Å². The van der Waals surface area contributed by atoms with Gasteiger partial charge in [0.2, 0.25) is 11.0 Å². The van der Waals surface area contributed by atoms with Crippen LogP contribution in [-0.4, -0.2) is 28.0 Å². The van der Waals surface area contributed by atoms with E-state index in [9.17, 15) is 4.79 Å². The Hall–Kier alpha value is -0.490. The number of rotatable bonds is 5. The number of carbonyl (C=O) groups excluding carboxylic acids is 1. The Morgan fingerprint density at radius 1 is 1.44 bits per heavy atom. The van der Waals surface area contributed by atoms with Crippen molar-refractivity contribution >= 4 is 38.3 Å². The molecule has 0 radical (unpaired) electrons. The smallest absolute Gasteiger partial charge is 0.229 e. The van der Waals surface area contributed by atoms with E-state index in [4.69, 9.17) is 0 Å². The third-order valence-electron chi connectivity index (χ3n) is 3.42. The zero-order chi connectivity index (χ0) is 13.1. The molecule has 18 heavy (non-hydrogen) atoms. The molecule has 0 aromatic carbocycles. The highest BCUT2D eigenvalue weighted by molar-refractivity contribution is 9.09. The topological polar surface area (TPSA) is 46.1 Å². The summed E-state index contributed by atoms with van der Waals surface area (Å²) in [4.78, 5) is 13.7. The number of aromatic nitrogens is 2. The van der Waals surface area contributed by atoms with Gasteiger partial charge in [-0.2, -0.15) is 0 Å². The molecule has 2 rings (SSSR count). The van der Waals surface area contributed by atoms with E-state index in [0.29, 0.717) is 18.3 Å². The third-order valence-corrected chi connectivity index (χ3v) is 5.44. The van der Waals surface area contributed by atoms with Crippen molar-refractivity contribution in [2.24, 2.45) is 5.92 Å².